The number of aromatic nitrogens is 1. The van der Waals surface area contributed by atoms with Gasteiger partial charge in [0.15, 0.2) is 0 Å². The molecule has 12 rings (SSSR count). The van der Waals surface area contributed by atoms with Gasteiger partial charge in [-0.2, -0.15) is 5.26 Å². The van der Waals surface area contributed by atoms with Crippen LogP contribution in [0, 0.1) is 17.2 Å². The summed E-state index contributed by atoms with van der Waals surface area (Å²) in [5, 5.41) is 12.3. The number of fused-ring (bicyclic) bond motifs is 8. The average Bonchev–Trinajstić information content (AvgIpc) is 3.94. The maximum atomic E-state index is 9.79. The summed E-state index contributed by atoms with van der Waals surface area (Å²) in [7, 11) is 0. The maximum Gasteiger partial charge on any atom is 0.0991 e. The Morgan fingerprint density at radius 1 is 0.578 bits per heavy atom. The number of nitrogens with zero attached hydrogens (tertiary/aromatic N) is 3. The van der Waals surface area contributed by atoms with Crippen LogP contribution in [0.2, 0.25) is 0 Å². The highest BCUT2D eigenvalue weighted by molar-refractivity contribution is 6.14. The lowest BCUT2D eigenvalue weighted by atomic mass is 9.67. The third kappa shape index (κ3) is 6.13. The van der Waals surface area contributed by atoms with Gasteiger partial charge in [-0.15, -0.1) is 0 Å². The predicted octanol–water partition coefficient (Wildman–Crippen LogP) is 14.9. The van der Waals surface area contributed by atoms with E-state index in [0.29, 0.717) is 11.5 Å². The van der Waals surface area contributed by atoms with Gasteiger partial charge in [0.1, 0.15) is 0 Å². The van der Waals surface area contributed by atoms with Crippen molar-refractivity contribution in [3.05, 3.63) is 256 Å². The third-order valence-electron chi connectivity index (χ3n) is 13.9. The molecule has 1 aliphatic heterocycles. The summed E-state index contributed by atoms with van der Waals surface area (Å²) in [6.07, 6.45) is 7.15. The molecular formula is C61H45N3. The summed E-state index contributed by atoms with van der Waals surface area (Å²) in [5.74, 6) is 0.394. The second-order valence-corrected chi connectivity index (χ2v) is 17.5. The second-order valence-electron chi connectivity index (χ2n) is 17.5. The Morgan fingerprint density at radius 2 is 1.27 bits per heavy atom. The lowest BCUT2D eigenvalue weighted by Crippen LogP contribution is -2.29. The number of hydrogen-bond acceptors (Lipinski definition) is 2. The fourth-order valence-electron chi connectivity index (χ4n) is 11.1. The number of rotatable bonds is 6. The Labute approximate surface area is 374 Å². The molecule has 1 aromatic heterocycles. The van der Waals surface area contributed by atoms with Gasteiger partial charge in [-0.05, 0) is 118 Å². The topological polar surface area (TPSA) is 41.1 Å². The molecule has 0 radical (unpaired) electrons. The van der Waals surface area contributed by atoms with Crippen molar-refractivity contribution in [1.29, 1.82) is 5.26 Å². The largest absolute Gasteiger partial charge is 0.309 e. The van der Waals surface area contributed by atoms with Gasteiger partial charge < -0.3 is 4.57 Å². The molecule has 0 bridgehead atoms. The van der Waals surface area contributed by atoms with Crippen molar-refractivity contribution in [2.45, 2.75) is 37.5 Å². The van der Waals surface area contributed by atoms with Crippen LogP contribution >= 0.6 is 0 Å². The van der Waals surface area contributed by atoms with Crippen molar-refractivity contribution in [2.24, 2.45) is 10.9 Å². The SMILES string of the molecule is N#Cc1cccc(/C2=C3/CC3CC(c3cccc(-n4c5ccccc5c5ccc6c(c54)C(c4ccccc4)(c4ccccc4)c4ccccc4-6)c3)=N/C(c3ccccc3)=C\CCC2)c1. The lowest BCUT2D eigenvalue weighted by molar-refractivity contribution is 0.771. The van der Waals surface area contributed by atoms with Gasteiger partial charge in [-0.1, -0.05) is 182 Å². The molecule has 1 saturated carbocycles. The molecule has 0 N–H and O–H groups in total. The van der Waals surface area contributed by atoms with E-state index in [1.54, 1.807) is 0 Å². The van der Waals surface area contributed by atoms with Crippen LogP contribution in [0.25, 0.3) is 49.9 Å². The Bertz CT molecular complexity index is 3380. The Balaban J connectivity index is 1.09. The van der Waals surface area contributed by atoms with Gasteiger partial charge in [0.2, 0.25) is 0 Å². The minimum atomic E-state index is -0.564. The normalized spacial score (nSPS) is 18.5. The summed E-state index contributed by atoms with van der Waals surface area (Å²) in [5.41, 5.74) is 19.9. The first-order valence-electron chi connectivity index (χ1n) is 22.6. The molecule has 3 heteroatoms. The average molecular weight is 820 g/mol. The zero-order chi connectivity index (χ0) is 42.6. The molecule has 1 atom stereocenters. The van der Waals surface area contributed by atoms with Gasteiger partial charge in [-0.3, -0.25) is 4.99 Å². The highest BCUT2D eigenvalue weighted by Crippen LogP contribution is 2.59. The van der Waals surface area contributed by atoms with Crippen LogP contribution in [0.4, 0.5) is 0 Å². The fourth-order valence-corrected chi connectivity index (χ4v) is 11.1. The molecule has 9 aromatic rings. The second kappa shape index (κ2) is 15.5. The molecule has 2 heterocycles. The fraction of sp³-hybridized carbons (Fsp3) is 0.115. The first kappa shape index (κ1) is 37.9. The van der Waals surface area contributed by atoms with E-state index in [9.17, 15) is 5.26 Å². The number of allylic oxidation sites excluding steroid dienone is 3. The minimum absolute atomic E-state index is 0.394. The van der Waals surface area contributed by atoms with Crippen LogP contribution in [0.3, 0.4) is 0 Å². The van der Waals surface area contributed by atoms with Crippen molar-refractivity contribution in [2.75, 3.05) is 0 Å². The van der Waals surface area contributed by atoms with Crippen LogP contribution in [-0.2, 0) is 5.41 Å². The van der Waals surface area contributed by atoms with Gasteiger partial charge >= 0.3 is 0 Å². The Kier molecular flexibility index (Phi) is 9.20. The van der Waals surface area contributed by atoms with Gasteiger partial charge in [0.25, 0.3) is 0 Å². The molecule has 8 aromatic carbocycles. The molecule has 0 amide bonds. The van der Waals surface area contributed by atoms with Crippen molar-refractivity contribution in [3.63, 3.8) is 0 Å². The first-order valence-corrected chi connectivity index (χ1v) is 22.6. The van der Waals surface area contributed by atoms with E-state index in [2.05, 4.69) is 205 Å². The van der Waals surface area contributed by atoms with Crippen molar-refractivity contribution in [3.8, 4) is 22.9 Å². The number of para-hydroxylation sites is 1. The molecule has 0 spiro atoms. The molecular weight excluding hydrogens is 775 g/mol. The van der Waals surface area contributed by atoms with Gasteiger partial charge in [0, 0.05) is 27.7 Å². The molecule has 64 heavy (non-hydrogen) atoms. The maximum absolute atomic E-state index is 9.79. The van der Waals surface area contributed by atoms with Crippen molar-refractivity contribution >= 4 is 38.8 Å². The van der Waals surface area contributed by atoms with Crippen LogP contribution in [0.1, 0.15) is 76.6 Å². The highest BCUT2D eigenvalue weighted by Gasteiger charge is 2.48. The first-order chi connectivity index (χ1) is 31.7. The summed E-state index contributed by atoms with van der Waals surface area (Å²) in [6, 6.07) is 75.4. The lowest BCUT2D eigenvalue weighted by Gasteiger charge is -2.34. The Hall–Kier alpha value is -7.80. The van der Waals surface area contributed by atoms with E-state index in [1.165, 1.54) is 71.9 Å². The van der Waals surface area contributed by atoms with E-state index < -0.39 is 5.41 Å². The van der Waals surface area contributed by atoms with Crippen LogP contribution in [-0.4, -0.2) is 10.3 Å². The molecule has 2 aliphatic carbocycles. The predicted molar refractivity (Wildman–Crippen MR) is 264 cm³/mol. The smallest absolute Gasteiger partial charge is 0.0991 e. The monoisotopic (exact) mass is 819 g/mol. The number of aliphatic imine (C=N–C) groups is 1. The van der Waals surface area contributed by atoms with E-state index in [1.807, 2.05) is 12.1 Å². The highest BCUT2D eigenvalue weighted by atomic mass is 15.0. The van der Waals surface area contributed by atoms with E-state index >= 15 is 0 Å². The minimum Gasteiger partial charge on any atom is -0.309 e. The summed E-state index contributed by atoms with van der Waals surface area (Å²) in [6.45, 7) is 0. The van der Waals surface area contributed by atoms with Crippen LogP contribution in [0.5, 0.6) is 0 Å². The number of hydrogen-bond donors (Lipinski definition) is 0. The summed E-state index contributed by atoms with van der Waals surface area (Å²) in [4.78, 5) is 5.66. The van der Waals surface area contributed by atoms with Crippen LogP contribution in [0.15, 0.2) is 217 Å². The molecule has 3 aliphatic rings. The van der Waals surface area contributed by atoms with E-state index in [0.717, 1.165) is 60.3 Å². The molecule has 304 valence electrons. The third-order valence-corrected chi connectivity index (χ3v) is 13.9. The summed E-state index contributed by atoms with van der Waals surface area (Å²) >= 11 is 0. The standard InChI is InChI=1S/C61H45N3/c62-40-41-18-16-21-43(36-41)49-28-11-14-32-56(42-19-4-1-5-20-42)63-57(39-45-38-54(45)49)44-22-17-27-48(37-44)64-58-33-15-12-30-51(58)53-35-34-52-50-29-10-13-31-55(50)61(59(52)60(53)64,46-23-6-2-7-24-46)47-25-8-3-9-26-47/h1-10,12-13,15-27,29-37,45H,11,14,28,38-39H2/b54-49-,56-32-,63-57?. The van der Waals surface area contributed by atoms with Crippen molar-refractivity contribution in [1.82, 2.24) is 4.57 Å². The van der Waals surface area contributed by atoms with E-state index in [-0.39, 0.29) is 0 Å². The quantitative estimate of drug-likeness (QED) is 0.165. The number of benzene rings is 8. The summed E-state index contributed by atoms with van der Waals surface area (Å²) < 4.78 is 2.54. The molecule has 1 fully saturated rings. The molecule has 0 saturated heterocycles. The molecule has 1 unspecified atom stereocenters. The zero-order valence-electron chi connectivity index (χ0n) is 35.6. The molecule has 3 nitrogen and oxygen atoms in total. The zero-order valence-corrected chi connectivity index (χ0v) is 35.6. The van der Waals surface area contributed by atoms with Crippen molar-refractivity contribution < 1.29 is 0 Å². The van der Waals surface area contributed by atoms with Gasteiger partial charge in [-0.25, -0.2) is 0 Å². The van der Waals surface area contributed by atoms with Crippen LogP contribution < -0.4 is 0 Å². The van der Waals surface area contributed by atoms with Gasteiger partial charge in [0.05, 0.1) is 33.8 Å². The number of nitriles is 1. The Morgan fingerprint density at radius 3 is 2.06 bits per heavy atom. The van der Waals surface area contributed by atoms with E-state index in [4.69, 9.17) is 4.99 Å².